The van der Waals surface area contributed by atoms with Crippen LogP contribution < -0.4 is 16.0 Å². The highest BCUT2D eigenvalue weighted by Gasteiger charge is 2.22. The molecule has 0 aliphatic carbocycles. The van der Waals surface area contributed by atoms with Crippen molar-refractivity contribution < 1.29 is 9.59 Å². The first kappa shape index (κ1) is 18.7. The number of hydrogen-bond acceptors (Lipinski definition) is 3. The molecule has 3 N–H and O–H groups in total. The Labute approximate surface area is 148 Å². The molecular formula is C20H25N3O2. The fourth-order valence-corrected chi connectivity index (χ4v) is 2.52. The molecule has 2 aromatic carbocycles. The van der Waals surface area contributed by atoms with Crippen LogP contribution in [0.1, 0.15) is 37.9 Å². The average molecular weight is 339 g/mol. The molecule has 0 fully saturated rings. The van der Waals surface area contributed by atoms with Gasteiger partial charge in [-0.05, 0) is 31.9 Å². The predicted octanol–water partition coefficient (Wildman–Crippen LogP) is 2.99. The van der Waals surface area contributed by atoms with E-state index >= 15 is 0 Å². The van der Waals surface area contributed by atoms with Gasteiger partial charge in [0.15, 0.2) is 0 Å². The molecule has 0 heterocycles. The van der Waals surface area contributed by atoms with Gasteiger partial charge in [0.1, 0.15) is 0 Å². The van der Waals surface area contributed by atoms with Crippen LogP contribution in [0.15, 0.2) is 60.7 Å². The van der Waals surface area contributed by atoms with Crippen molar-refractivity contribution in [2.75, 3.05) is 0 Å². The van der Waals surface area contributed by atoms with Crippen LogP contribution in [0.25, 0.3) is 0 Å². The quantitative estimate of drug-likeness (QED) is 0.758. The van der Waals surface area contributed by atoms with Gasteiger partial charge in [0.25, 0.3) is 0 Å². The van der Waals surface area contributed by atoms with Gasteiger partial charge in [-0.25, -0.2) is 4.79 Å². The SMILES string of the molecule is CC(C)NC(=O)NC(=O)[C@H](C)NC(c1ccccc1)c1ccccc1. The second-order valence-corrected chi connectivity index (χ2v) is 6.26. The lowest BCUT2D eigenvalue weighted by Crippen LogP contribution is -2.50. The Balaban J connectivity index is 2.11. The zero-order valence-electron chi connectivity index (χ0n) is 14.8. The third-order valence-electron chi connectivity index (χ3n) is 3.73. The van der Waals surface area contributed by atoms with Gasteiger partial charge in [-0.15, -0.1) is 0 Å². The molecule has 0 aliphatic heterocycles. The van der Waals surface area contributed by atoms with Gasteiger partial charge < -0.3 is 5.32 Å². The van der Waals surface area contributed by atoms with Gasteiger partial charge in [-0.3, -0.25) is 15.4 Å². The van der Waals surface area contributed by atoms with Gasteiger partial charge in [0.2, 0.25) is 5.91 Å². The smallest absolute Gasteiger partial charge is 0.321 e. The van der Waals surface area contributed by atoms with E-state index in [4.69, 9.17) is 0 Å². The van der Waals surface area contributed by atoms with E-state index in [1.807, 2.05) is 74.5 Å². The van der Waals surface area contributed by atoms with E-state index in [9.17, 15) is 9.59 Å². The third-order valence-corrected chi connectivity index (χ3v) is 3.73. The Bertz CT molecular complexity index is 647. The van der Waals surface area contributed by atoms with Crippen LogP contribution in [-0.4, -0.2) is 24.0 Å². The fourth-order valence-electron chi connectivity index (χ4n) is 2.52. The molecule has 3 amide bonds. The summed E-state index contributed by atoms with van der Waals surface area (Å²) in [7, 11) is 0. The molecule has 25 heavy (non-hydrogen) atoms. The molecule has 1 atom stereocenters. The van der Waals surface area contributed by atoms with Crippen molar-refractivity contribution in [3.63, 3.8) is 0 Å². The lowest BCUT2D eigenvalue weighted by atomic mass is 9.98. The summed E-state index contributed by atoms with van der Waals surface area (Å²) >= 11 is 0. The van der Waals surface area contributed by atoms with Crippen LogP contribution >= 0.6 is 0 Å². The van der Waals surface area contributed by atoms with Crippen molar-refractivity contribution in [1.29, 1.82) is 0 Å². The van der Waals surface area contributed by atoms with Crippen molar-refractivity contribution in [2.45, 2.75) is 38.9 Å². The molecule has 0 saturated carbocycles. The highest BCUT2D eigenvalue weighted by molar-refractivity contribution is 5.96. The molecule has 0 spiro atoms. The minimum atomic E-state index is -0.539. The summed E-state index contributed by atoms with van der Waals surface area (Å²) < 4.78 is 0. The van der Waals surface area contributed by atoms with Crippen molar-refractivity contribution in [1.82, 2.24) is 16.0 Å². The van der Waals surface area contributed by atoms with Gasteiger partial charge in [0, 0.05) is 6.04 Å². The molecular weight excluding hydrogens is 314 g/mol. The van der Waals surface area contributed by atoms with E-state index < -0.39 is 12.1 Å². The molecule has 5 heteroatoms. The lowest BCUT2D eigenvalue weighted by molar-refractivity contribution is -0.121. The first-order chi connectivity index (χ1) is 12.0. The Morgan fingerprint density at radius 1 is 0.800 bits per heavy atom. The topological polar surface area (TPSA) is 70.2 Å². The fraction of sp³-hybridized carbons (Fsp3) is 0.300. The molecule has 0 unspecified atom stereocenters. The monoisotopic (exact) mass is 339 g/mol. The number of imide groups is 1. The summed E-state index contributed by atoms with van der Waals surface area (Å²) in [5, 5.41) is 8.33. The first-order valence-electron chi connectivity index (χ1n) is 8.44. The summed E-state index contributed by atoms with van der Waals surface area (Å²) in [6.07, 6.45) is 0. The van der Waals surface area contributed by atoms with E-state index in [-0.39, 0.29) is 18.0 Å². The Morgan fingerprint density at radius 3 is 1.72 bits per heavy atom. The van der Waals surface area contributed by atoms with Crippen LogP contribution in [0.3, 0.4) is 0 Å². The van der Waals surface area contributed by atoms with E-state index in [1.54, 1.807) is 6.92 Å². The number of amides is 3. The molecule has 0 aromatic heterocycles. The molecule has 132 valence electrons. The standard InChI is InChI=1S/C20H25N3O2/c1-14(2)21-20(25)23-19(24)15(3)22-18(16-10-6-4-7-11-16)17-12-8-5-9-13-17/h4-15,18,22H,1-3H3,(H2,21,23,24,25)/t15-/m0/s1. The lowest BCUT2D eigenvalue weighted by Gasteiger charge is -2.24. The number of nitrogens with one attached hydrogen (secondary N) is 3. The number of hydrogen-bond donors (Lipinski definition) is 3. The molecule has 0 saturated heterocycles. The minimum absolute atomic E-state index is 0.0301. The van der Waals surface area contributed by atoms with E-state index in [1.165, 1.54) is 0 Å². The largest absolute Gasteiger partial charge is 0.336 e. The number of rotatable bonds is 6. The summed E-state index contributed by atoms with van der Waals surface area (Å²) in [5.41, 5.74) is 2.11. The summed E-state index contributed by atoms with van der Waals surface area (Å²) in [6.45, 7) is 5.43. The first-order valence-corrected chi connectivity index (χ1v) is 8.44. The molecule has 0 bridgehead atoms. The summed E-state index contributed by atoms with van der Waals surface area (Å²) in [5.74, 6) is -0.366. The van der Waals surface area contributed by atoms with Crippen molar-refractivity contribution in [2.24, 2.45) is 0 Å². The number of benzene rings is 2. The molecule has 5 nitrogen and oxygen atoms in total. The summed E-state index contributed by atoms with van der Waals surface area (Å²) in [6, 6.07) is 18.6. The van der Waals surface area contributed by atoms with Crippen LogP contribution in [0.2, 0.25) is 0 Å². The highest BCUT2D eigenvalue weighted by Crippen LogP contribution is 2.22. The molecule has 0 radical (unpaired) electrons. The van der Waals surface area contributed by atoms with Crippen LogP contribution in [0, 0.1) is 0 Å². The van der Waals surface area contributed by atoms with Crippen molar-refractivity contribution in [3.8, 4) is 0 Å². The summed E-state index contributed by atoms with van der Waals surface area (Å²) in [4.78, 5) is 24.0. The maximum absolute atomic E-state index is 12.3. The van der Waals surface area contributed by atoms with E-state index in [0.29, 0.717) is 0 Å². The normalized spacial score (nSPS) is 12.0. The Morgan fingerprint density at radius 2 is 1.28 bits per heavy atom. The van der Waals surface area contributed by atoms with Crippen LogP contribution in [0.5, 0.6) is 0 Å². The second kappa shape index (κ2) is 8.99. The highest BCUT2D eigenvalue weighted by atomic mass is 16.2. The molecule has 2 aromatic rings. The number of urea groups is 1. The number of carbonyl (C=O) groups is 2. The average Bonchev–Trinajstić information content (AvgIpc) is 2.60. The zero-order chi connectivity index (χ0) is 18.2. The van der Waals surface area contributed by atoms with Gasteiger partial charge in [-0.1, -0.05) is 60.7 Å². The van der Waals surface area contributed by atoms with Gasteiger partial charge >= 0.3 is 6.03 Å². The Hall–Kier alpha value is -2.66. The van der Waals surface area contributed by atoms with Crippen molar-refractivity contribution >= 4 is 11.9 Å². The van der Waals surface area contributed by atoms with Gasteiger partial charge in [-0.2, -0.15) is 0 Å². The van der Waals surface area contributed by atoms with Crippen molar-refractivity contribution in [3.05, 3.63) is 71.8 Å². The third kappa shape index (κ3) is 5.72. The van der Waals surface area contributed by atoms with E-state index in [0.717, 1.165) is 11.1 Å². The predicted molar refractivity (Wildman–Crippen MR) is 99.1 cm³/mol. The number of carbonyl (C=O) groups excluding carboxylic acids is 2. The Kier molecular flexibility index (Phi) is 6.71. The maximum atomic E-state index is 12.3. The minimum Gasteiger partial charge on any atom is -0.336 e. The zero-order valence-corrected chi connectivity index (χ0v) is 14.8. The van der Waals surface area contributed by atoms with Crippen LogP contribution in [0.4, 0.5) is 4.79 Å². The second-order valence-electron chi connectivity index (χ2n) is 6.26. The van der Waals surface area contributed by atoms with E-state index in [2.05, 4.69) is 16.0 Å². The molecule has 2 rings (SSSR count). The van der Waals surface area contributed by atoms with Crippen LogP contribution in [-0.2, 0) is 4.79 Å². The molecule has 0 aliphatic rings. The maximum Gasteiger partial charge on any atom is 0.321 e. The van der Waals surface area contributed by atoms with Gasteiger partial charge in [0.05, 0.1) is 12.1 Å².